The van der Waals surface area contributed by atoms with E-state index in [0.717, 1.165) is 0 Å². The molecule has 0 unspecified atom stereocenters. The van der Waals surface area contributed by atoms with Gasteiger partial charge in [-0.05, 0) is 50.2 Å². The highest BCUT2D eigenvalue weighted by molar-refractivity contribution is 6.32. The van der Waals surface area contributed by atoms with E-state index in [4.69, 9.17) is 20.9 Å². The van der Waals surface area contributed by atoms with E-state index in [1.807, 2.05) is 12.1 Å². The summed E-state index contributed by atoms with van der Waals surface area (Å²) < 4.78 is 10.7. The highest BCUT2D eigenvalue weighted by Crippen LogP contribution is 2.29. The van der Waals surface area contributed by atoms with Gasteiger partial charge in [0.15, 0.2) is 0 Å². The Morgan fingerprint density at radius 2 is 1.83 bits per heavy atom. The Morgan fingerprint density at radius 1 is 1.12 bits per heavy atom. The second kappa shape index (κ2) is 6.76. The molecule has 0 spiro atoms. The van der Waals surface area contributed by atoms with Gasteiger partial charge in [0.25, 0.3) is 5.91 Å². The minimum atomic E-state index is -0.258. The van der Waals surface area contributed by atoms with Crippen molar-refractivity contribution in [2.24, 2.45) is 0 Å². The van der Waals surface area contributed by atoms with E-state index in [-0.39, 0.29) is 5.91 Å². The van der Waals surface area contributed by atoms with Crippen LogP contribution in [0.5, 0.6) is 11.5 Å². The quantitative estimate of drug-likeness (QED) is 0.725. The average molecular weight is 343 g/mol. The molecule has 1 amide bonds. The fourth-order valence-corrected chi connectivity index (χ4v) is 2.44. The number of halogens is 1. The molecule has 6 heteroatoms. The standard InChI is InChI=1S/C18H15ClN2O3/c1-11-17(12(2)24-21-11)18(22)20-13-7-9-14(10-8-13)23-16-6-4-3-5-15(16)19/h3-10H,1-2H3,(H,20,22). The zero-order chi connectivity index (χ0) is 17.1. The number of carbonyl (C=O) groups is 1. The highest BCUT2D eigenvalue weighted by atomic mass is 35.5. The number of para-hydroxylation sites is 1. The molecule has 1 N–H and O–H groups in total. The molecule has 5 nitrogen and oxygen atoms in total. The number of anilines is 1. The van der Waals surface area contributed by atoms with Crippen molar-refractivity contribution in [3.63, 3.8) is 0 Å². The SMILES string of the molecule is Cc1noc(C)c1C(=O)Nc1ccc(Oc2ccccc2Cl)cc1. The topological polar surface area (TPSA) is 64.4 Å². The van der Waals surface area contributed by atoms with Gasteiger partial charge in [-0.25, -0.2) is 0 Å². The van der Waals surface area contributed by atoms with Crippen LogP contribution >= 0.6 is 11.6 Å². The summed E-state index contributed by atoms with van der Waals surface area (Å²) in [4.78, 5) is 12.3. The smallest absolute Gasteiger partial charge is 0.261 e. The zero-order valence-electron chi connectivity index (χ0n) is 13.2. The molecule has 2 aromatic carbocycles. The maximum atomic E-state index is 12.3. The van der Waals surface area contributed by atoms with Crippen LogP contribution in [0.4, 0.5) is 5.69 Å². The molecule has 0 fully saturated rings. The minimum Gasteiger partial charge on any atom is -0.456 e. The lowest BCUT2D eigenvalue weighted by molar-refractivity contribution is 0.102. The maximum absolute atomic E-state index is 12.3. The Morgan fingerprint density at radius 3 is 2.46 bits per heavy atom. The first-order chi connectivity index (χ1) is 11.5. The third kappa shape index (κ3) is 3.41. The molecule has 24 heavy (non-hydrogen) atoms. The van der Waals surface area contributed by atoms with Gasteiger partial charge < -0.3 is 14.6 Å². The molecule has 0 aliphatic heterocycles. The van der Waals surface area contributed by atoms with Crippen LogP contribution in [-0.4, -0.2) is 11.1 Å². The lowest BCUT2D eigenvalue weighted by Gasteiger charge is -2.09. The first kappa shape index (κ1) is 16.1. The number of rotatable bonds is 4. The molecule has 0 saturated heterocycles. The van der Waals surface area contributed by atoms with Crippen LogP contribution in [-0.2, 0) is 0 Å². The van der Waals surface area contributed by atoms with Crippen molar-refractivity contribution in [3.05, 3.63) is 70.6 Å². The molecular weight excluding hydrogens is 328 g/mol. The van der Waals surface area contributed by atoms with E-state index in [9.17, 15) is 4.79 Å². The van der Waals surface area contributed by atoms with Crippen LogP contribution in [0, 0.1) is 13.8 Å². The van der Waals surface area contributed by atoms with Crippen LogP contribution in [0.2, 0.25) is 5.02 Å². The van der Waals surface area contributed by atoms with E-state index >= 15 is 0 Å². The summed E-state index contributed by atoms with van der Waals surface area (Å²) in [5.74, 6) is 1.43. The van der Waals surface area contributed by atoms with Gasteiger partial charge in [-0.1, -0.05) is 28.9 Å². The molecule has 1 aromatic heterocycles. The number of aryl methyl sites for hydroxylation is 2. The Kier molecular flexibility index (Phi) is 4.53. The Labute approximate surface area is 144 Å². The van der Waals surface area contributed by atoms with Gasteiger partial charge in [-0.15, -0.1) is 0 Å². The molecule has 0 radical (unpaired) electrons. The maximum Gasteiger partial charge on any atom is 0.261 e. The van der Waals surface area contributed by atoms with Gasteiger partial charge in [0, 0.05) is 5.69 Å². The van der Waals surface area contributed by atoms with Crippen LogP contribution in [0.15, 0.2) is 53.1 Å². The first-order valence-corrected chi connectivity index (χ1v) is 7.69. The van der Waals surface area contributed by atoms with E-state index in [0.29, 0.717) is 39.2 Å². The van der Waals surface area contributed by atoms with Crippen molar-refractivity contribution in [3.8, 4) is 11.5 Å². The second-order valence-corrected chi connectivity index (χ2v) is 5.62. The molecule has 0 atom stereocenters. The van der Waals surface area contributed by atoms with Crippen LogP contribution in [0.3, 0.4) is 0 Å². The molecule has 0 aliphatic carbocycles. The van der Waals surface area contributed by atoms with Crippen molar-refractivity contribution in [2.45, 2.75) is 13.8 Å². The van der Waals surface area contributed by atoms with Crippen LogP contribution in [0.1, 0.15) is 21.8 Å². The number of amides is 1. The van der Waals surface area contributed by atoms with Crippen molar-refractivity contribution in [2.75, 3.05) is 5.32 Å². The van der Waals surface area contributed by atoms with E-state index in [1.165, 1.54) is 0 Å². The number of aromatic nitrogens is 1. The van der Waals surface area contributed by atoms with E-state index in [2.05, 4.69) is 10.5 Å². The predicted octanol–water partition coefficient (Wildman–Crippen LogP) is 4.99. The van der Waals surface area contributed by atoms with Gasteiger partial charge in [0.1, 0.15) is 22.8 Å². The van der Waals surface area contributed by atoms with Gasteiger partial charge in [-0.3, -0.25) is 4.79 Å². The number of hydrogen-bond donors (Lipinski definition) is 1. The summed E-state index contributed by atoms with van der Waals surface area (Å²) in [6, 6.07) is 14.2. The van der Waals surface area contributed by atoms with Gasteiger partial charge in [0.2, 0.25) is 0 Å². The molecular formula is C18H15ClN2O3. The molecule has 1 heterocycles. The Hall–Kier alpha value is -2.79. The highest BCUT2D eigenvalue weighted by Gasteiger charge is 2.17. The first-order valence-electron chi connectivity index (χ1n) is 7.31. The monoisotopic (exact) mass is 342 g/mol. The van der Waals surface area contributed by atoms with E-state index in [1.54, 1.807) is 50.2 Å². The molecule has 3 aromatic rings. The summed E-state index contributed by atoms with van der Waals surface area (Å²) in [7, 11) is 0. The molecule has 0 aliphatic rings. The van der Waals surface area contributed by atoms with Crippen molar-refractivity contribution in [1.29, 1.82) is 0 Å². The predicted molar refractivity (Wildman–Crippen MR) is 91.9 cm³/mol. The lowest BCUT2D eigenvalue weighted by Crippen LogP contribution is -2.13. The number of carbonyl (C=O) groups excluding carboxylic acids is 1. The van der Waals surface area contributed by atoms with Crippen molar-refractivity contribution in [1.82, 2.24) is 5.16 Å². The number of hydrogen-bond acceptors (Lipinski definition) is 4. The van der Waals surface area contributed by atoms with Gasteiger partial charge in [-0.2, -0.15) is 0 Å². The molecule has 0 bridgehead atoms. The summed E-state index contributed by atoms with van der Waals surface area (Å²) in [5, 5.41) is 7.12. The summed E-state index contributed by atoms with van der Waals surface area (Å²) in [6.45, 7) is 3.43. The number of ether oxygens (including phenoxy) is 1. The normalized spacial score (nSPS) is 10.5. The molecule has 3 rings (SSSR count). The van der Waals surface area contributed by atoms with E-state index < -0.39 is 0 Å². The molecule has 0 saturated carbocycles. The zero-order valence-corrected chi connectivity index (χ0v) is 13.9. The number of benzene rings is 2. The number of nitrogens with one attached hydrogen (secondary N) is 1. The average Bonchev–Trinajstić information content (AvgIpc) is 2.90. The minimum absolute atomic E-state index is 0.258. The van der Waals surface area contributed by atoms with Gasteiger partial charge >= 0.3 is 0 Å². The Bertz CT molecular complexity index is 853. The van der Waals surface area contributed by atoms with Crippen LogP contribution in [0.25, 0.3) is 0 Å². The number of nitrogens with zero attached hydrogens (tertiary/aromatic N) is 1. The summed E-state index contributed by atoms with van der Waals surface area (Å²) >= 11 is 6.06. The summed E-state index contributed by atoms with van der Waals surface area (Å²) in [5.41, 5.74) is 1.65. The summed E-state index contributed by atoms with van der Waals surface area (Å²) in [6.07, 6.45) is 0. The fourth-order valence-electron chi connectivity index (χ4n) is 2.26. The third-order valence-electron chi connectivity index (χ3n) is 3.44. The van der Waals surface area contributed by atoms with Crippen LogP contribution < -0.4 is 10.1 Å². The van der Waals surface area contributed by atoms with Crippen molar-refractivity contribution >= 4 is 23.2 Å². The fraction of sp³-hybridized carbons (Fsp3) is 0.111. The Balaban J connectivity index is 1.71. The molecule has 122 valence electrons. The van der Waals surface area contributed by atoms with Gasteiger partial charge in [0.05, 0.1) is 10.7 Å². The largest absolute Gasteiger partial charge is 0.456 e. The third-order valence-corrected chi connectivity index (χ3v) is 3.75. The lowest BCUT2D eigenvalue weighted by atomic mass is 10.2. The van der Waals surface area contributed by atoms with Crippen molar-refractivity contribution < 1.29 is 14.1 Å². The second-order valence-electron chi connectivity index (χ2n) is 5.21.